The van der Waals surface area contributed by atoms with E-state index in [9.17, 15) is 4.79 Å². The first-order valence-electron chi connectivity index (χ1n) is 7.68. The summed E-state index contributed by atoms with van der Waals surface area (Å²) in [6.07, 6.45) is 2.91. The first-order chi connectivity index (χ1) is 9.92. The number of rotatable bonds is 7. The lowest BCUT2D eigenvalue weighted by atomic mass is 10.1. The molecule has 0 atom stereocenters. The largest absolute Gasteiger partial charge is 0.353 e. The maximum Gasteiger partial charge on any atom is 0.221 e. The van der Waals surface area contributed by atoms with Gasteiger partial charge in [0.15, 0.2) is 0 Å². The molecule has 3 nitrogen and oxygen atoms in total. The molecular formula is C17H26N2OS. The van der Waals surface area contributed by atoms with E-state index in [1.54, 1.807) is 11.8 Å². The number of nitrogens with one attached hydrogen (secondary N) is 2. The molecule has 0 spiro atoms. The topological polar surface area (TPSA) is 41.1 Å². The first-order valence-corrected chi connectivity index (χ1v) is 8.67. The van der Waals surface area contributed by atoms with Crippen LogP contribution in [-0.2, 0) is 11.3 Å². The zero-order valence-corrected chi connectivity index (χ0v) is 14.1. The van der Waals surface area contributed by atoms with Gasteiger partial charge >= 0.3 is 0 Å². The summed E-state index contributed by atoms with van der Waals surface area (Å²) >= 11 is 1.76. The van der Waals surface area contributed by atoms with Crippen molar-refractivity contribution in [1.82, 2.24) is 10.6 Å². The fourth-order valence-electron chi connectivity index (χ4n) is 1.90. The summed E-state index contributed by atoms with van der Waals surface area (Å²) in [6, 6.07) is 9.02. The van der Waals surface area contributed by atoms with Crippen molar-refractivity contribution < 1.29 is 4.79 Å². The highest BCUT2D eigenvalue weighted by Crippen LogP contribution is 2.21. The molecule has 0 heterocycles. The summed E-state index contributed by atoms with van der Waals surface area (Å²) < 4.78 is 0. The van der Waals surface area contributed by atoms with Gasteiger partial charge in [0, 0.05) is 35.2 Å². The van der Waals surface area contributed by atoms with Crippen molar-refractivity contribution in [3.63, 3.8) is 0 Å². The minimum absolute atomic E-state index is 0.129. The normalized spacial score (nSPS) is 15.0. The summed E-state index contributed by atoms with van der Waals surface area (Å²) in [6.45, 7) is 7.39. The van der Waals surface area contributed by atoms with Gasteiger partial charge in [0.1, 0.15) is 0 Å². The van der Waals surface area contributed by atoms with E-state index in [-0.39, 0.29) is 11.4 Å². The number of carbonyl (C=O) groups excluding carboxylic acids is 1. The summed E-state index contributed by atoms with van der Waals surface area (Å²) in [7, 11) is 0. The van der Waals surface area contributed by atoms with E-state index in [2.05, 4.69) is 55.7 Å². The number of hydrogen-bond acceptors (Lipinski definition) is 3. The van der Waals surface area contributed by atoms with Gasteiger partial charge in [-0.2, -0.15) is 0 Å². The van der Waals surface area contributed by atoms with Gasteiger partial charge < -0.3 is 10.6 Å². The van der Waals surface area contributed by atoms with Crippen LogP contribution in [0.15, 0.2) is 29.2 Å². The Morgan fingerprint density at radius 3 is 2.76 bits per heavy atom. The summed E-state index contributed by atoms with van der Waals surface area (Å²) in [5.41, 5.74) is 1.42. The van der Waals surface area contributed by atoms with Gasteiger partial charge in [-0.15, -0.1) is 11.8 Å². The zero-order chi connectivity index (χ0) is 15.3. The number of benzene rings is 1. The van der Waals surface area contributed by atoms with E-state index in [4.69, 9.17) is 0 Å². The zero-order valence-electron chi connectivity index (χ0n) is 13.2. The van der Waals surface area contributed by atoms with Crippen LogP contribution in [0, 0.1) is 0 Å². The van der Waals surface area contributed by atoms with Crippen molar-refractivity contribution in [3.8, 4) is 0 Å². The van der Waals surface area contributed by atoms with Crippen LogP contribution in [-0.4, -0.2) is 23.2 Å². The van der Waals surface area contributed by atoms with Gasteiger partial charge in [0.25, 0.3) is 0 Å². The number of thioether (sulfide) groups is 1. The molecule has 0 radical (unpaired) electrons. The lowest BCUT2D eigenvalue weighted by Crippen LogP contribution is -2.35. The lowest BCUT2D eigenvalue weighted by molar-refractivity contribution is -0.120. The van der Waals surface area contributed by atoms with Crippen molar-refractivity contribution in [2.45, 2.75) is 63.1 Å². The SMILES string of the molecule is CC(C)(C)NCc1cccc(SCCC(=O)NC2CC2)c1. The molecule has 0 bridgehead atoms. The van der Waals surface area contributed by atoms with Crippen LogP contribution in [0.3, 0.4) is 0 Å². The molecule has 0 unspecified atom stereocenters. The van der Waals surface area contributed by atoms with Crippen LogP contribution < -0.4 is 10.6 Å². The third-order valence-corrected chi connectivity index (χ3v) is 4.26. The van der Waals surface area contributed by atoms with Crippen LogP contribution in [0.5, 0.6) is 0 Å². The molecular weight excluding hydrogens is 280 g/mol. The number of carbonyl (C=O) groups is 1. The molecule has 1 fully saturated rings. The van der Waals surface area contributed by atoms with Crippen molar-refractivity contribution in [2.75, 3.05) is 5.75 Å². The molecule has 21 heavy (non-hydrogen) atoms. The fourth-order valence-corrected chi connectivity index (χ4v) is 2.83. The van der Waals surface area contributed by atoms with E-state index in [1.807, 2.05) is 0 Å². The molecule has 1 saturated carbocycles. The maximum absolute atomic E-state index is 11.6. The third-order valence-electron chi connectivity index (χ3n) is 3.26. The molecule has 0 aromatic heterocycles. The molecule has 1 aliphatic rings. The molecule has 4 heteroatoms. The highest BCUT2D eigenvalue weighted by atomic mass is 32.2. The molecule has 2 N–H and O–H groups in total. The molecule has 2 rings (SSSR count). The lowest BCUT2D eigenvalue weighted by Gasteiger charge is -2.20. The van der Waals surface area contributed by atoms with Gasteiger partial charge in [0.05, 0.1) is 0 Å². The van der Waals surface area contributed by atoms with Crippen LogP contribution in [0.2, 0.25) is 0 Å². The van der Waals surface area contributed by atoms with Crippen molar-refractivity contribution >= 4 is 17.7 Å². The average Bonchev–Trinajstić information content (AvgIpc) is 3.20. The van der Waals surface area contributed by atoms with Gasteiger partial charge in [-0.25, -0.2) is 0 Å². The maximum atomic E-state index is 11.6. The van der Waals surface area contributed by atoms with Gasteiger partial charge in [-0.1, -0.05) is 12.1 Å². The van der Waals surface area contributed by atoms with E-state index >= 15 is 0 Å². The summed E-state index contributed by atoms with van der Waals surface area (Å²) in [5.74, 6) is 1.03. The highest BCUT2D eigenvalue weighted by molar-refractivity contribution is 7.99. The Kier molecular flexibility index (Phi) is 5.71. The number of hydrogen-bond donors (Lipinski definition) is 2. The quantitative estimate of drug-likeness (QED) is 0.759. The van der Waals surface area contributed by atoms with Gasteiger partial charge in [0.2, 0.25) is 5.91 Å². The Morgan fingerprint density at radius 2 is 2.10 bits per heavy atom. The fraction of sp³-hybridized carbons (Fsp3) is 0.588. The molecule has 1 aromatic rings. The predicted octanol–water partition coefficient (Wildman–Crippen LogP) is 3.34. The third kappa shape index (κ3) is 7.00. The van der Waals surface area contributed by atoms with Crippen molar-refractivity contribution in [3.05, 3.63) is 29.8 Å². The second kappa shape index (κ2) is 7.32. The Morgan fingerprint density at radius 1 is 1.33 bits per heavy atom. The molecule has 116 valence electrons. The summed E-state index contributed by atoms with van der Waals surface area (Å²) in [4.78, 5) is 12.9. The standard InChI is InChI=1S/C17H26N2OS/c1-17(2,3)18-12-13-5-4-6-15(11-13)21-10-9-16(20)19-14-7-8-14/h4-6,11,14,18H,7-10,12H2,1-3H3,(H,19,20). The minimum atomic E-state index is 0.129. The van der Waals surface area contributed by atoms with E-state index in [0.29, 0.717) is 12.5 Å². The average molecular weight is 306 g/mol. The molecule has 1 amide bonds. The van der Waals surface area contributed by atoms with Gasteiger partial charge in [-0.05, 0) is 51.3 Å². The minimum Gasteiger partial charge on any atom is -0.353 e. The van der Waals surface area contributed by atoms with E-state index in [1.165, 1.54) is 10.5 Å². The molecule has 0 saturated heterocycles. The van der Waals surface area contributed by atoms with E-state index in [0.717, 1.165) is 25.1 Å². The Labute approximate surface area is 132 Å². The van der Waals surface area contributed by atoms with Crippen LogP contribution in [0.25, 0.3) is 0 Å². The Hall–Kier alpha value is -1.00. The van der Waals surface area contributed by atoms with Crippen molar-refractivity contribution in [1.29, 1.82) is 0 Å². The second-order valence-electron chi connectivity index (χ2n) is 6.69. The second-order valence-corrected chi connectivity index (χ2v) is 7.86. The number of amides is 1. The first kappa shape index (κ1) is 16.4. The molecule has 1 aliphatic carbocycles. The smallest absolute Gasteiger partial charge is 0.221 e. The predicted molar refractivity (Wildman–Crippen MR) is 89.5 cm³/mol. The molecule has 1 aromatic carbocycles. The van der Waals surface area contributed by atoms with Crippen LogP contribution in [0.1, 0.15) is 45.6 Å². The Bertz CT molecular complexity index is 478. The Balaban J connectivity index is 1.73. The summed E-state index contributed by atoms with van der Waals surface area (Å²) in [5, 5.41) is 6.52. The van der Waals surface area contributed by atoms with Gasteiger partial charge in [-0.3, -0.25) is 4.79 Å². The monoisotopic (exact) mass is 306 g/mol. The van der Waals surface area contributed by atoms with Crippen molar-refractivity contribution in [2.24, 2.45) is 0 Å². The highest BCUT2D eigenvalue weighted by Gasteiger charge is 2.22. The van der Waals surface area contributed by atoms with Crippen LogP contribution >= 0.6 is 11.8 Å². The van der Waals surface area contributed by atoms with Crippen LogP contribution in [0.4, 0.5) is 0 Å². The van der Waals surface area contributed by atoms with E-state index < -0.39 is 0 Å². The molecule has 0 aliphatic heterocycles.